The summed E-state index contributed by atoms with van der Waals surface area (Å²) in [6.07, 6.45) is -10.9. The van der Waals surface area contributed by atoms with Crippen molar-refractivity contribution in [3.05, 3.63) is 39.4 Å². The lowest BCUT2D eigenvalue weighted by atomic mass is 10.1. The van der Waals surface area contributed by atoms with E-state index < -0.39 is 89.2 Å². The standard InChI is InChI=1S/C19H24N8O14P2/c20-8-1-2-26(19(31)23-8)16-10(28)12-6(38-16)3-36-43(34,35)41-13-7(4-37-42(32,33)40-12)39-17(11(13)29)27-5-22-9-14(27)24-18(21)25-15(9)30/h1-2,5-7,10-13,16-17,28-29H,3-4H2,(H,32,33)(H,34,35)(H2,20,23,31)(H3,21,24,25,30)/t6-,7+,10-,11-,12-,13-,16-,17-/m1/s1. The Morgan fingerprint density at radius 2 is 1.47 bits per heavy atom. The molecule has 6 rings (SSSR count). The monoisotopic (exact) mass is 650 g/mol. The van der Waals surface area contributed by atoms with E-state index in [0.717, 1.165) is 21.7 Å². The highest BCUT2D eigenvalue weighted by Gasteiger charge is 2.54. The van der Waals surface area contributed by atoms with Crippen LogP contribution in [0.2, 0.25) is 0 Å². The minimum absolute atomic E-state index is 0.118. The molecule has 3 aromatic heterocycles. The van der Waals surface area contributed by atoms with E-state index >= 15 is 0 Å². The number of fused-ring (bicyclic) bond motifs is 3. The summed E-state index contributed by atoms with van der Waals surface area (Å²) in [6, 6.07) is 1.22. The molecule has 0 amide bonds. The molecule has 0 radical (unpaired) electrons. The number of aromatic amines is 1. The molecule has 6 heterocycles. The van der Waals surface area contributed by atoms with Crippen LogP contribution in [0.25, 0.3) is 11.2 Å². The molecule has 43 heavy (non-hydrogen) atoms. The van der Waals surface area contributed by atoms with Gasteiger partial charge in [0.15, 0.2) is 23.6 Å². The van der Waals surface area contributed by atoms with Crippen molar-refractivity contribution in [2.75, 3.05) is 24.7 Å². The predicted octanol–water partition coefficient (Wildman–Crippen LogP) is -2.92. The van der Waals surface area contributed by atoms with Gasteiger partial charge in [-0.3, -0.25) is 37.0 Å². The van der Waals surface area contributed by atoms with E-state index in [1.165, 1.54) is 6.07 Å². The number of anilines is 2. The SMILES string of the molecule is Nc1ccn([C@@H]2O[C@@H]3COP(=O)(O)O[C@H]4[C@@H](O)[C@H](n5cnc6c(=O)[nH]c(N)nc65)O[C@H]4COP(=O)(O)O[C@H]3[C@H]2O)c(=O)n1. The third kappa shape index (κ3) is 5.64. The smallest absolute Gasteiger partial charge is 0.386 e. The number of aromatic nitrogens is 6. The van der Waals surface area contributed by atoms with Crippen LogP contribution in [-0.4, -0.2) is 98.9 Å². The van der Waals surface area contributed by atoms with Crippen molar-refractivity contribution in [3.8, 4) is 0 Å². The first-order valence-corrected chi connectivity index (χ1v) is 15.3. The third-order valence-electron chi connectivity index (χ3n) is 6.78. The molecule has 3 aromatic rings. The van der Waals surface area contributed by atoms with Crippen LogP contribution in [0.5, 0.6) is 0 Å². The van der Waals surface area contributed by atoms with Crippen LogP contribution in [0, 0.1) is 0 Å². The minimum atomic E-state index is -5.08. The number of phosphoric acid groups is 2. The van der Waals surface area contributed by atoms with E-state index in [4.69, 9.17) is 39.0 Å². The van der Waals surface area contributed by atoms with Gasteiger partial charge in [-0.1, -0.05) is 0 Å². The average Bonchev–Trinajstić information content (AvgIpc) is 3.56. The zero-order valence-corrected chi connectivity index (χ0v) is 23.2. The highest BCUT2D eigenvalue weighted by molar-refractivity contribution is 7.47. The Hall–Kier alpha value is -3.11. The molecule has 0 spiro atoms. The lowest BCUT2D eigenvalue weighted by molar-refractivity contribution is -0.0675. The van der Waals surface area contributed by atoms with Crippen molar-refractivity contribution < 1.29 is 56.7 Å². The fraction of sp³-hybridized carbons (Fsp3) is 0.526. The van der Waals surface area contributed by atoms with Crippen LogP contribution in [0.4, 0.5) is 11.8 Å². The molecule has 0 aromatic carbocycles. The molecule has 9 N–H and O–H groups in total. The van der Waals surface area contributed by atoms with Crippen LogP contribution in [0.15, 0.2) is 28.2 Å². The summed E-state index contributed by atoms with van der Waals surface area (Å²) < 4.78 is 59.6. The van der Waals surface area contributed by atoms with Gasteiger partial charge in [-0.05, 0) is 6.07 Å². The summed E-state index contributed by atoms with van der Waals surface area (Å²) >= 11 is 0. The Kier molecular flexibility index (Phi) is 7.52. The van der Waals surface area contributed by atoms with Gasteiger partial charge < -0.3 is 40.9 Å². The Morgan fingerprint density at radius 1 is 0.907 bits per heavy atom. The molecule has 24 heteroatoms. The van der Waals surface area contributed by atoms with Gasteiger partial charge in [-0.15, -0.1) is 0 Å². The van der Waals surface area contributed by atoms with E-state index in [9.17, 15) is 38.7 Å². The van der Waals surface area contributed by atoms with Crippen molar-refractivity contribution in [2.24, 2.45) is 0 Å². The molecule has 3 aliphatic heterocycles. The maximum atomic E-state index is 13.0. The second-order valence-electron chi connectivity index (χ2n) is 9.60. The average molecular weight is 650 g/mol. The summed E-state index contributed by atoms with van der Waals surface area (Å²) in [5, 5.41) is 21.9. The van der Waals surface area contributed by atoms with Gasteiger partial charge in [-0.2, -0.15) is 9.97 Å². The van der Waals surface area contributed by atoms with Gasteiger partial charge in [0.2, 0.25) is 5.95 Å². The minimum Gasteiger partial charge on any atom is -0.386 e. The van der Waals surface area contributed by atoms with Crippen molar-refractivity contribution in [3.63, 3.8) is 0 Å². The molecular formula is C19H24N8O14P2. The number of nitrogens with one attached hydrogen (secondary N) is 1. The molecule has 0 saturated carbocycles. The molecule has 234 valence electrons. The summed E-state index contributed by atoms with van der Waals surface area (Å²) in [5.74, 6) is -0.405. The number of hydrogen-bond donors (Lipinski definition) is 7. The second-order valence-corrected chi connectivity index (χ2v) is 12.4. The fourth-order valence-electron chi connectivity index (χ4n) is 4.88. The first kappa shape index (κ1) is 29.9. The Balaban J connectivity index is 1.28. The summed E-state index contributed by atoms with van der Waals surface area (Å²) in [4.78, 5) is 59.1. The number of imidazole rings is 1. The number of rotatable bonds is 2. The highest BCUT2D eigenvalue weighted by atomic mass is 31.2. The van der Waals surface area contributed by atoms with Gasteiger partial charge in [-0.25, -0.2) is 18.9 Å². The fourth-order valence-corrected chi connectivity index (χ4v) is 6.81. The molecule has 10 atom stereocenters. The number of nitrogens with two attached hydrogens (primary N) is 2. The molecule has 3 saturated heterocycles. The Bertz CT molecular complexity index is 1760. The summed E-state index contributed by atoms with van der Waals surface area (Å²) in [7, 11) is -10.2. The molecule has 0 bridgehead atoms. The number of nitrogen functional groups attached to an aromatic ring is 2. The number of aliphatic hydroxyl groups excluding tert-OH is 2. The Labute approximate surface area is 237 Å². The van der Waals surface area contributed by atoms with Gasteiger partial charge >= 0.3 is 21.3 Å². The normalized spacial score (nSPS) is 38.7. The van der Waals surface area contributed by atoms with Crippen LogP contribution < -0.4 is 22.7 Å². The number of aliphatic hydroxyl groups is 2. The maximum absolute atomic E-state index is 13.0. The molecule has 3 fully saturated rings. The van der Waals surface area contributed by atoms with Crippen LogP contribution in [0.3, 0.4) is 0 Å². The summed E-state index contributed by atoms with van der Waals surface area (Å²) in [6.45, 7) is -1.74. The first-order chi connectivity index (χ1) is 20.2. The van der Waals surface area contributed by atoms with Crippen LogP contribution in [0.1, 0.15) is 12.5 Å². The van der Waals surface area contributed by atoms with E-state index in [0.29, 0.717) is 0 Å². The van der Waals surface area contributed by atoms with Gasteiger partial charge in [0.05, 0.1) is 19.5 Å². The van der Waals surface area contributed by atoms with E-state index in [2.05, 4.69) is 19.9 Å². The van der Waals surface area contributed by atoms with Crippen molar-refractivity contribution >= 4 is 38.6 Å². The number of H-pyrrole nitrogens is 1. The Morgan fingerprint density at radius 3 is 2.02 bits per heavy atom. The zero-order chi connectivity index (χ0) is 30.8. The van der Waals surface area contributed by atoms with Crippen molar-refractivity contribution in [2.45, 2.75) is 49.1 Å². The maximum Gasteiger partial charge on any atom is 0.472 e. The number of nitrogens with zero attached hydrogens (tertiary/aromatic N) is 5. The van der Waals surface area contributed by atoms with E-state index in [1.807, 2.05) is 0 Å². The second kappa shape index (κ2) is 10.8. The van der Waals surface area contributed by atoms with Crippen LogP contribution >= 0.6 is 15.6 Å². The van der Waals surface area contributed by atoms with Gasteiger partial charge in [0.1, 0.15) is 42.4 Å². The van der Waals surface area contributed by atoms with Gasteiger partial charge in [0, 0.05) is 6.20 Å². The quantitative estimate of drug-likeness (QED) is 0.137. The van der Waals surface area contributed by atoms with Crippen LogP contribution in [-0.2, 0) is 36.7 Å². The third-order valence-corrected chi connectivity index (χ3v) is 8.75. The number of phosphoric ester groups is 2. The molecule has 0 aliphatic carbocycles. The van der Waals surface area contributed by atoms with Gasteiger partial charge in [0.25, 0.3) is 5.56 Å². The first-order valence-electron chi connectivity index (χ1n) is 12.3. The predicted molar refractivity (Wildman–Crippen MR) is 137 cm³/mol. The number of hydrogen-bond acceptors (Lipinski definition) is 17. The zero-order valence-electron chi connectivity index (χ0n) is 21.4. The lowest BCUT2D eigenvalue weighted by Crippen LogP contribution is -2.39. The molecule has 3 aliphatic rings. The topological polar surface area (TPSA) is 321 Å². The van der Waals surface area contributed by atoms with Crippen molar-refractivity contribution in [1.29, 1.82) is 0 Å². The summed E-state index contributed by atoms with van der Waals surface area (Å²) in [5.41, 5.74) is 9.17. The van der Waals surface area contributed by atoms with E-state index in [-0.39, 0.29) is 22.9 Å². The number of ether oxygens (including phenoxy) is 2. The molecule has 2 unspecified atom stereocenters. The highest BCUT2D eigenvalue weighted by Crippen LogP contribution is 2.53. The van der Waals surface area contributed by atoms with E-state index in [1.54, 1.807) is 0 Å². The molecule has 22 nitrogen and oxygen atoms in total. The largest absolute Gasteiger partial charge is 0.472 e. The molecular weight excluding hydrogens is 626 g/mol. The van der Waals surface area contributed by atoms with Crippen molar-refractivity contribution in [1.82, 2.24) is 29.1 Å². The lowest BCUT2D eigenvalue weighted by Gasteiger charge is -2.27.